The summed E-state index contributed by atoms with van der Waals surface area (Å²) in [6.07, 6.45) is 4.23. The van der Waals surface area contributed by atoms with E-state index in [2.05, 4.69) is 26.9 Å². The fraction of sp³-hybridized carbons (Fsp3) is 0.324. The maximum absolute atomic E-state index is 13.3. The van der Waals surface area contributed by atoms with E-state index in [1.54, 1.807) is 24.3 Å². The van der Waals surface area contributed by atoms with E-state index in [1.807, 2.05) is 24.3 Å². The van der Waals surface area contributed by atoms with Crippen molar-refractivity contribution in [2.75, 3.05) is 25.1 Å². The van der Waals surface area contributed by atoms with E-state index >= 15 is 0 Å². The highest BCUT2D eigenvalue weighted by atomic mass is 32.2. The van der Waals surface area contributed by atoms with Crippen molar-refractivity contribution >= 4 is 64.0 Å². The van der Waals surface area contributed by atoms with Gasteiger partial charge in [-0.15, -0.1) is 11.8 Å². The Morgan fingerprint density at radius 1 is 1.13 bits per heavy atom. The van der Waals surface area contributed by atoms with Crippen LogP contribution in [0, 0.1) is 0 Å². The lowest BCUT2D eigenvalue weighted by Gasteiger charge is -2.49. The van der Waals surface area contributed by atoms with Crippen LogP contribution < -0.4 is 11.1 Å². The number of oxime groups is 1. The van der Waals surface area contributed by atoms with Crippen LogP contribution in [-0.4, -0.2) is 105 Å². The van der Waals surface area contributed by atoms with Crippen LogP contribution in [0.4, 0.5) is 5.13 Å². The van der Waals surface area contributed by atoms with Crippen molar-refractivity contribution in [2.45, 2.75) is 50.4 Å². The number of hydrogen-bond donors (Lipinski definition) is 6. The first-order valence-corrected chi connectivity index (χ1v) is 17.8. The van der Waals surface area contributed by atoms with Crippen molar-refractivity contribution in [3.63, 3.8) is 0 Å². The number of hydrogen-bond acceptors (Lipinski definition) is 13. The van der Waals surface area contributed by atoms with Gasteiger partial charge in [-0.1, -0.05) is 41.6 Å². The lowest BCUT2D eigenvalue weighted by Crippen LogP contribution is -2.71. The maximum Gasteiger partial charge on any atom is 0.352 e. The van der Waals surface area contributed by atoms with Gasteiger partial charge in [-0.25, -0.2) is 9.59 Å². The minimum Gasteiger partial charge on any atom is -0.504 e. The van der Waals surface area contributed by atoms with Crippen molar-refractivity contribution in [3.05, 3.63) is 81.8 Å². The number of rotatable bonds is 11. The van der Waals surface area contributed by atoms with E-state index in [4.69, 9.17) is 10.6 Å². The summed E-state index contributed by atoms with van der Waals surface area (Å²) in [5.74, 6) is -4.45. The highest BCUT2D eigenvalue weighted by Crippen LogP contribution is 2.41. The summed E-state index contributed by atoms with van der Waals surface area (Å²) >= 11 is 2.04. The zero-order valence-corrected chi connectivity index (χ0v) is 29.9. The number of fused-ring (bicyclic) bond motifs is 2. The van der Waals surface area contributed by atoms with Crippen LogP contribution in [0.25, 0.3) is 6.08 Å². The molecule has 3 aliphatic heterocycles. The third-order valence-electron chi connectivity index (χ3n) is 9.03. The number of thioether (sulfide) groups is 1. The number of likely N-dealkylation sites (N-methyl/N-ethyl adjacent to an activating group) is 1. The molecule has 6 rings (SSSR count). The predicted molar refractivity (Wildman–Crippen MR) is 191 cm³/mol. The van der Waals surface area contributed by atoms with Gasteiger partial charge in [-0.2, -0.15) is 9.36 Å². The van der Waals surface area contributed by atoms with Gasteiger partial charge in [0.05, 0.1) is 13.6 Å². The first kappa shape index (κ1) is 36.3. The number of aliphatic carboxylic acids is 2. The zero-order valence-electron chi connectivity index (χ0n) is 28.3. The van der Waals surface area contributed by atoms with Gasteiger partial charge >= 0.3 is 11.9 Å². The van der Waals surface area contributed by atoms with Crippen LogP contribution in [0.5, 0.6) is 11.5 Å². The van der Waals surface area contributed by atoms with Crippen molar-refractivity contribution in [1.82, 2.24) is 19.6 Å². The second-order valence-electron chi connectivity index (χ2n) is 13.4. The Labute approximate surface area is 305 Å². The molecule has 0 aliphatic carbocycles. The molecule has 16 nitrogen and oxygen atoms in total. The van der Waals surface area contributed by atoms with Gasteiger partial charge in [0.1, 0.15) is 30.2 Å². The largest absolute Gasteiger partial charge is 0.504 e. The number of carboxylic acids is 2. The molecule has 1 unspecified atom stereocenters. The number of aromatic nitrogens is 2. The van der Waals surface area contributed by atoms with Gasteiger partial charge in [-0.05, 0) is 42.7 Å². The van der Waals surface area contributed by atoms with Gasteiger partial charge in [0.15, 0.2) is 16.6 Å². The van der Waals surface area contributed by atoms with Crippen molar-refractivity contribution in [1.29, 1.82) is 0 Å². The minimum absolute atomic E-state index is 0.0136. The van der Waals surface area contributed by atoms with E-state index in [0.29, 0.717) is 12.1 Å². The number of quaternary nitrogens is 1. The topological polar surface area (TPSA) is 238 Å². The SMILES string of the molecule is CC(C)(O/N=C(\C(=O)N[C@@H]1C(=O)N2C(C(=O)O)=C(/C=C/c3ccc(C[N+]4(C)CCc5cc(O)c(O)cc5C4)cc3)CS[C@H]12)c1nsc(N)n1)C(=O)O. The molecule has 0 bridgehead atoms. The number of nitrogens with one attached hydrogen (secondary N) is 1. The molecule has 0 spiro atoms. The number of nitrogen functional groups attached to an aromatic ring is 1. The van der Waals surface area contributed by atoms with Gasteiger partial charge in [0, 0.05) is 34.8 Å². The molecule has 1 fully saturated rings. The van der Waals surface area contributed by atoms with E-state index in [0.717, 1.165) is 62.7 Å². The molecule has 52 heavy (non-hydrogen) atoms. The lowest BCUT2D eigenvalue weighted by atomic mass is 9.96. The number of amides is 2. The normalized spacial score (nSPS) is 21.7. The van der Waals surface area contributed by atoms with Crippen molar-refractivity contribution < 1.29 is 48.9 Å². The third kappa shape index (κ3) is 7.30. The highest BCUT2D eigenvalue weighted by Gasteiger charge is 2.54. The highest BCUT2D eigenvalue weighted by molar-refractivity contribution is 8.00. The molecular formula is C34H36N7O9S2+. The molecule has 272 valence electrons. The number of β-lactam (4-membered cyclic amide) rings is 1. The Balaban J connectivity index is 1.13. The number of carbonyl (C=O) groups is 4. The number of carbonyl (C=O) groups excluding carboxylic acids is 2. The second-order valence-corrected chi connectivity index (χ2v) is 15.3. The average molecular weight is 751 g/mol. The van der Waals surface area contributed by atoms with Gasteiger partial charge in [-0.3, -0.25) is 14.5 Å². The van der Waals surface area contributed by atoms with E-state index in [9.17, 15) is 39.6 Å². The summed E-state index contributed by atoms with van der Waals surface area (Å²) in [5.41, 5.74) is 7.56. The number of benzene rings is 2. The number of nitrogens with two attached hydrogens (primary N) is 1. The summed E-state index contributed by atoms with van der Waals surface area (Å²) < 4.78 is 4.68. The number of phenols is 2. The zero-order chi connectivity index (χ0) is 37.5. The monoisotopic (exact) mass is 750 g/mol. The summed E-state index contributed by atoms with van der Waals surface area (Å²) in [6, 6.07) is 10.0. The molecule has 1 aromatic heterocycles. The van der Waals surface area contributed by atoms with Crippen molar-refractivity contribution in [2.24, 2.45) is 5.16 Å². The van der Waals surface area contributed by atoms with Crippen LogP contribution in [0.15, 0.2) is 58.9 Å². The smallest absolute Gasteiger partial charge is 0.352 e. The number of carboxylic acid groups (broad SMARTS) is 2. The molecule has 2 amide bonds. The second kappa shape index (κ2) is 13.9. The van der Waals surface area contributed by atoms with E-state index < -0.39 is 46.5 Å². The number of phenolic OH excluding ortho intramolecular Hbond substituents is 2. The van der Waals surface area contributed by atoms with Crippen LogP contribution in [0.3, 0.4) is 0 Å². The lowest BCUT2D eigenvalue weighted by molar-refractivity contribution is -0.937. The number of aromatic hydroxyl groups is 2. The predicted octanol–water partition coefficient (Wildman–Crippen LogP) is 2.27. The fourth-order valence-corrected chi connectivity index (χ4v) is 7.88. The number of allylic oxidation sites excluding steroid dienone is 1. The van der Waals surface area contributed by atoms with E-state index in [-0.39, 0.29) is 33.9 Å². The van der Waals surface area contributed by atoms with E-state index in [1.165, 1.54) is 25.6 Å². The molecule has 2 aromatic carbocycles. The molecular weight excluding hydrogens is 715 g/mol. The standard InChI is InChI=1S/C34H35N7O9S2/c1-34(2,32(48)49)50-38-24(27-37-33(35)52-39-27)28(44)36-25-29(45)40-26(31(46)47)20(16-51-30(25)40)9-8-17-4-6-18(7-5-17)14-41(3)11-10-19-12-22(42)23(43)13-21(19)15-41/h4-9,12-13,25,30H,10-11,14-16H2,1-3H3,(H6-,35,36,37,38,39,42,43,44,46,47,48,49)/p+1/b9-8+/t25-,30-,41?/m1/s1. The Hall–Kier alpha value is -5.46. The Kier molecular flexibility index (Phi) is 9.73. The molecule has 0 radical (unpaired) electrons. The molecule has 0 saturated carbocycles. The van der Waals surface area contributed by atoms with Crippen LogP contribution in [-0.2, 0) is 43.5 Å². The summed E-state index contributed by atoms with van der Waals surface area (Å²) in [5, 5.41) is 44.8. The maximum atomic E-state index is 13.3. The van der Waals surface area contributed by atoms with Gasteiger partial charge < -0.3 is 40.8 Å². The quantitative estimate of drug-likeness (QED) is 0.0543. The Morgan fingerprint density at radius 2 is 1.83 bits per heavy atom. The summed E-state index contributed by atoms with van der Waals surface area (Å²) in [6.45, 7) is 4.78. The van der Waals surface area contributed by atoms with Gasteiger partial charge in [0.25, 0.3) is 11.8 Å². The molecule has 3 atom stereocenters. The molecule has 3 aromatic rings. The van der Waals surface area contributed by atoms with Gasteiger partial charge in [0.2, 0.25) is 17.1 Å². The minimum atomic E-state index is -1.80. The average Bonchev–Trinajstić information content (AvgIpc) is 3.52. The summed E-state index contributed by atoms with van der Waals surface area (Å²) in [7, 11) is 2.15. The van der Waals surface area contributed by atoms with Crippen LogP contribution in [0.1, 0.15) is 41.9 Å². The van der Waals surface area contributed by atoms with Crippen molar-refractivity contribution in [3.8, 4) is 11.5 Å². The first-order chi connectivity index (χ1) is 24.5. The third-order valence-corrected chi connectivity index (χ3v) is 10.9. The molecule has 1 saturated heterocycles. The summed E-state index contributed by atoms with van der Waals surface area (Å²) in [4.78, 5) is 60.7. The molecule has 7 N–H and O–H groups in total. The molecule has 3 aliphatic rings. The first-order valence-electron chi connectivity index (χ1n) is 16.0. The fourth-order valence-electron chi connectivity index (χ4n) is 6.13. The Bertz CT molecular complexity index is 2060. The Morgan fingerprint density at radius 3 is 2.46 bits per heavy atom. The van der Waals surface area contributed by atoms with Crippen LogP contribution in [0.2, 0.25) is 0 Å². The number of nitrogens with zero attached hydrogens (tertiary/aromatic N) is 5. The van der Waals surface area contributed by atoms with Crippen LogP contribution >= 0.6 is 23.3 Å². The molecule has 4 heterocycles. The number of anilines is 1. The molecule has 18 heteroatoms.